The van der Waals surface area contributed by atoms with Gasteiger partial charge in [0.25, 0.3) is 11.8 Å². The number of benzene rings is 3. The zero-order valence-electron chi connectivity index (χ0n) is 17.8. The van der Waals surface area contributed by atoms with Gasteiger partial charge in [-0.15, -0.1) is 0 Å². The molecule has 0 spiro atoms. The minimum atomic E-state index is -0.276. The molecule has 4 N–H and O–H groups in total. The lowest BCUT2D eigenvalue weighted by Gasteiger charge is -2.11. The third-order valence-electron chi connectivity index (χ3n) is 5.15. The van der Waals surface area contributed by atoms with Crippen LogP contribution < -0.4 is 10.6 Å². The molecule has 0 bridgehead atoms. The molecule has 0 aliphatic heterocycles. The second-order valence-electron chi connectivity index (χ2n) is 7.61. The molecule has 4 rings (SSSR count). The maximum Gasteiger partial charge on any atom is 0.258 e. The topological polar surface area (TPSA) is 112 Å². The summed E-state index contributed by atoms with van der Waals surface area (Å²) in [5.74, 6) is -0.669. The Bertz CT molecular complexity index is 1270. The summed E-state index contributed by atoms with van der Waals surface area (Å²) in [6.45, 7) is 2.14. The van der Waals surface area contributed by atoms with Crippen LogP contribution in [0.4, 0.5) is 5.69 Å². The molecule has 2 amide bonds. The smallest absolute Gasteiger partial charge is 0.258 e. The van der Waals surface area contributed by atoms with Crippen LogP contribution in [0.15, 0.2) is 83.7 Å². The number of aromatic hydroxyl groups is 2. The molecule has 0 aliphatic carbocycles. The van der Waals surface area contributed by atoms with E-state index in [-0.39, 0.29) is 29.9 Å². The first-order chi connectivity index (χ1) is 15.9. The first-order valence-corrected chi connectivity index (χ1v) is 10.2. The summed E-state index contributed by atoms with van der Waals surface area (Å²) in [4.78, 5) is 24.8. The number of hydrogen-bond acceptors (Lipinski definition) is 5. The molecule has 0 unspecified atom stereocenters. The summed E-state index contributed by atoms with van der Waals surface area (Å²) in [6, 6.07) is 18.6. The molecule has 33 heavy (non-hydrogen) atoms. The maximum atomic E-state index is 12.5. The molecule has 4 aromatic rings. The Balaban J connectivity index is 1.46. The lowest BCUT2D eigenvalue weighted by molar-refractivity contribution is 0.0950. The summed E-state index contributed by atoms with van der Waals surface area (Å²) >= 11 is 0. The molecule has 0 radical (unpaired) electrons. The van der Waals surface area contributed by atoms with Gasteiger partial charge >= 0.3 is 0 Å². The SMILES string of the molecule is Cc1ccc(NC(=O)c2ccoc2)cc1-c1ccc(C(=O)NCc2cc(O)cc(O)c2)cc1. The van der Waals surface area contributed by atoms with Gasteiger partial charge in [-0.1, -0.05) is 18.2 Å². The number of anilines is 1. The molecule has 3 aromatic carbocycles. The van der Waals surface area contributed by atoms with Crippen LogP contribution in [0.5, 0.6) is 11.5 Å². The number of furan rings is 1. The highest BCUT2D eigenvalue weighted by atomic mass is 16.3. The number of aryl methyl sites for hydroxylation is 1. The van der Waals surface area contributed by atoms with Crippen molar-refractivity contribution < 1.29 is 24.2 Å². The van der Waals surface area contributed by atoms with Crippen LogP contribution in [0.3, 0.4) is 0 Å². The zero-order chi connectivity index (χ0) is 23.4. The molecular weight excluding hydrogens is 420 g/mol. The summed E-state index contributed by atoms with van der Waals surface area (Å²) in [7, 11) is 0. The first-order valence-electron chi connectivity index (χ1n) is 10.2. The summed E-state index contributed by atoms with van der Waals surface area (Å²) in [5, 5.41) is 24.7. The van der Waals surface area contributed by atoms with Gasteiger partial charge in [0.05, 0.1) is 11.8 Å². The van der Waals surface area contributed by atoms with Crippen molar-refractivity contribution in [3.05, 3.63) is 102 Å². The van der Waals surface area contributed by atoms with E-state index in [2.05, 4.69) is 10.6 Å². The number of carbonyl (C=O) groups is 2. The molecule has 1 heterocycles. The summed E-state index contributed by atoms with van der Waals surface area (Å²) < 4.78 is 4.95. The maximum absolute atomic E-state index is 12.5. The van der Waals surface area contributed by atoms with Crippen molar-refractivity contribution in [1.29, 1.82) is 0 Å². The molecule has 7 heteroatoms. The van der Waals surface area contributed by atoms with E-state index in [0.29, 0.717) is 22.4 Å². The fraction of sp³-hybridized carbons (Fsp3) is 0.0769. The van der Waals surface area contributed by atoms with Gasteiger partial charge in [-0.05, 0) is 71.6 Å². The van der Waals surface area contributed by atoms with Gasteiger partial charge in [0.15, 0.2) is 0 Å². The number of phenols is 2. The highest BCUT2D eigenvalue weighted by Gasteiger charge is 2.11. The Hall–Kier alpha value is -4.52. The van der Waals surface area contributed by atoms with Gasteiger partial charge in [0, 0.05) is 23.9 Å². The van der Waals surface area contributed by atoms with Crippen molar-refractivity contribution in [2.75, 3.05) is 5.32 Å². The molecule has 7 nitrogen and oxygen atoms in total. The minimum absolute atomic E-state index is 0.0674. The van der Waals surface area contributed by atoms with Gasteiger partial charge in [-0.2, -0.15) is 0 Å². The number of nitrogens with one attached hydrogen (secondary N) is 2. The van der Waals surface area contributed by atoms with Gasteiger partial charge in [-0.25, -0.2) is 0 Å². The molecule has 0 saturated carbocycles. The largest absolute Gasteiger partial charge is 0.508 e. The van der Waals surface area contributed by atoms with Gasteiger partial charge in [0.2, 0.25) is 0 Å². The number of rotatable bonds is 6. The van der Waals surface area contributed by atoms with E-state index >= 15 is 0 Å². The van der Waals surface area contributed by atoms with E-state index in [0.717, 1.165) is 16.7 Å². The van der Waals surface area contributed by atoms with E-state index < -0.39 is 0 Å². The van der Waals surface area contributed by atoms with Crippen LogP contribution in [-0.4, -0.2) is 22.0 Å². The van der Waals surface area contributed by atoms with Crippen LogP contribution >= 0.6 is 0 Å². The quantitative estimate of drug-likeness (QED) is 0.341. The van der Waals surface area contributed by atoms with E-state index in [4.69, 9.17) is 4.42 Å². The van der Waals surface area contributed by atoms with E-state index in [1.54, 1.807) is 18.2 Å². The standard InChI is InChI=1S/C26H22N2O5/c1-16-2-7-21(28-26(32)20-8-9-33-15-20)12-24(16)18-3-5-19(6-4-18)25(31)27-14-17-10-22(29)13-23(30)11-17/h2-13,15,29-30H,14H2,1H3,(H,27,31)(H,28,32). The molecule has 0 fully saturated rings. The average molecular weight is 442 g/mol. The lowest BCUT2D eigenvalue weighted by atomic mass is 9.98. The van der Waals surface area contributed by atoms with E-state index in [9.17, 15) is 19.8 Å². The molecule has 0 atom stereocenters. The number of phenolic OH excluding ortho intramolecular Hbond substituents is 2. The Morgan fingerprint density at radius 3 is 2.24 bits per heavy atom. The Labute approximate surface area is 190 Å². The average Bonchev–Trinajstić information content (AvgIpc) is 3.33. The third kappa shape index (κ3) is 5.22. The fourth-order valence-corrected chi connectivity index (χ4v) is 3.45. The fourth-order valence-electron chi connectivity index (χ4n) is 3.45. The lowest BCUT2D eigenvalue weighted by Crippen LogP contribution is -2.22. The Morgan fingerprint density at radius 2 is 1.58 bits per heavy atom. The monoisotopic (exact) mass is 442 g/mol. The van der Waals surface area contributed by atoms with E-state index in [1.165, 1.54) is 30.7 Å². The molecule has 166 valence electrons. The highest BCUT2D eigenvalue weighted by Crippen LogP contribution is 2.27. The summed E-state index contributed by atoms with van der Waals surface area (Å²) in [5.41, 5.74) is 5.01. The number of amides is 2. The van der Waals surface area contributed by atoms with Crippen molar-refractivity contribution >= 4 is 17.5 Å². The van der Waals surface area contributed by atoms with Crippen LogP contribution in [-0.2, 0) is 6.54 Å². The second kappa shape index (κ2) is 9.32. The normalized spacial score (nSPS) is 10.6. The van der Waals surface area contributed by atoms with Crippen molar-refractivity contribution in [2.45, 2.75) is 13.5 Å². The zero-order valence-corrected chi connectivity index (χ0v) is 17.8. The van der Waals surface area contributed by atoms with Crippen LogP contribution in [0.25, 0.3) is 11.1 Å². The predicted octanol–water partition coefficient (Wildman–Crippen LogP) is 4.85. The van der Waals surface area contributed by atoms with Gasteiger partial charge in [-0.3, -0.25) is 9.59 Å². The van der Waals surface area contributed by atoms with Crippen molar-refractivity contribution in [3.63, 3.8) is 0 Å². The Morgan fingerprint density at radius 1 is 0.848 bits per heavy atom. The third-order valence-corrected chi connectivity index (χ3v) is 5.15. The molecular formula is C26H22N2O5. The molecule has 1 aromatic heterocycles. The Kier molecular flexibility index (Phi) is 6.13. The molecule has 0 aliphatic rings. The van der Waals surface area contributed by atoms with Crippen LogP contribution in [0, 0.1) is 6.92 Å². The van der Waals surface area contributed by atoms with Crippen molar-refractivity contribution in [1.82, 2.24) is 5.32 Å². The van der Waals surface area contributed by atoms with Crippen molar-refractivity contribution in [3.8, 4) is 22.6 Å². The minimum Gasteiger partial charge on any atom is -0.508 e. The number of hydrogen-bond donors (Lipinski definition) is 4. The van der Waals surface area contributed by atoms with E-state index in [1.807, 2.05) is 37.3 Å². The van der Waals surface area contributed by atoms with Crippen molar-refractivity contribution in [2.24, 2.45) is 0 Å². The second-order valence-corrected chi connectivity index (χ2v) is 7.61. The first kappa shape index (κ1) is 21.7. The van der Waals surface area contributed by atoms with Gasteiger partial charge < -0.3 is 25.3 Å². The van der Waals surface area contributed by atoms with Crippen LogP contribution in [0.2, 0.25) is 0 Å². The molecule has 0 saturated heterocycles. The van der Waals surface area contributed by atoms with Crippen LogP contribution in [0.1, 0.15) is 31.8 Å². The van der Waals surface area contributed by atoms with Gasteiger partial charge in [0.1, 0.15) is 17.8 Å². The predicted molar refractivity (Wildman–Crippen MR) is 124 cm³/mol. The highest BCUT2D eigenvalue weighted by molar-refractivity contribution is 6.04. The number of carbonyl (C=O) groups excluding carboxylic acids is 2. The summed E-state index contributed by atoms with van der Waals surface area (Å²) in [6.07, 6.45) is 2.83.